The lowest BCUT2D eigenvalue weighted by Crippen LogP contribution is -2.10. The molecule has 0 aromatic heterocycles. The maximum absolute atomic E-state index is 10.8. The van der Waals surface area contributed by atoms with Crippen LogP contribution in [-0.4, -0.2) is 10.5 Å². The van der Waals surface area contributed by atoms with Gasteiger partial charge in [-0.15, -0.1) is 0 Å². The maximum atomic E-state index is 10.8. The second-order valence-corrected chi connectivity index (χ2v) is 4.70. The summed E-state index contributed by atoms with van der Waals surface area (Å²) in [5.74, 6) is 0. The first kappa shape index (κ1) is 12.7. The Morgan fingerprint density at radius 3 is 1.92 bits per heavy atom. The maximum Gasteiger partial charge on any atom is 0.248 e. The summed E-state index contributed by atoms with van der Waals surface area (Å²) in [5.41, 5.74) is 0.164. The highest BCUT2D eigenvalue weighted by molar-refractivity contribution is 6.70. The minimum absolute atomic E-state index is 0.0945. The van der Waals surface area contributed by atoms with Gasteiger partial charge in [0.2, 0.25) is 10.5 Å². The van der Waals surface area contributed by atoms with Gasteiger partial charge >= 0.3 is 0 Å². The average Bonchev–Trinajstić information content (AvgIpc) is 1.81. The van der Waals surface area contributed by atoms with Gasteiger partial charge in [0.25, 0.3) is 0 Å². The van der Waals surface area contributed by atoms with Crippen LogP contribution in [0.2, 0.25) is 0 Å². The molecule has 74 valence electrons. The van der Waals surface area contributed by atoms with Crippen molar-refractivity contribution in [3.8, 4) is 0 Å². The standard InChI is InChI=1S/C9H12Cl2O2/c1-9(2,3)5-6(8(11)13)4-7(10)12/h4H,5H2,1-3H3/b6-4+. The number of rotatable bonds is 3. The Hall–Kier alpha value is -0.340. The molecule has 0 bridgehead atoms. The molecule has 0 spiro atoms. The molecule has 0 unspecified atom stereocenters. The molecule has 0 amide bonds. The van der Waals surface area contributed by atoms with Gasteiger partial charge in [-0.2, -0.15) is 0 Å². The normalized spacial score (nSPS) is 12.8. The minimum atomic E-state index is -0.673. The van der Waals surface area contributed by atoms with E-state index in [0.29, 0.717) is 6.42 Å². The molecule has 0 atom stereocenters. The molecule has 0 aromatic rings. The van der Waals surface area contributed by atoms with Gasteiger partial charge in [-0.25, -0.2) is 0 Å². The second kappa shape index (κ2) is 4.77. The van der Waals surface area contributed by atoms with E-state index in [4.69, 9.17) is 23.2 Å². The van der Waals surface area contributed by atoms with Gasteiger partial charge < -0.3 is 0 Å². The molecule has 0 saturated heterocycles. The van der Waals surface area contributed by atoms with Gasteiger partial charge in [0.05, 0.1) is 0 Å². The third-order valence-electron chi connectivity index (χ3n) is 1.26. The minimum Gasteiger partial charge on any atom is -0.276 e. The van der Waals surface area contributed by atoms with E-state index < -0.39 is 10.5 Å². The van der Waals surface area contributed by atoms with Crippen molar-refractivity contribution in [2.24, 2.45) is 5.41 Å². The number of hydrogen-bond acceptors (Lipinski definition) is 2. The van der Waals surface area contributed by atoms with Crippen LogP contribution >= 0.6 is 23.2 Å². The van der Waals surface area contributed by atoms with Crippen molar-refractivity contribution in [2.45, 2.75) is 27.2 Å². The fourth-order valence-electron chi connectivity index (χ4n) is 0.886. The number of allylic oxidation sites excluding steroid dienone is 2. The number of carbonyl (C=O) groups excluding carboxylic acids is 2. The van der Waals surface area contributed by atoms with Gasteiger partial charge in [-0.05, 0) is 35.0 Å². The van der Waals surface area contributed by atoms with Crippen LogP contribution in [0.1, 0.15) is 27.2 Å². The molecule has 0 aliphatic heterocycles. The van der Waals surface area contributed by atoms with Crippen LogP contribution in [0, 0.1) is 5.41 Å². The zero-order valence-corrected chi connectivity index (χ0v) is 9.37. The Labute approximate surface area is 87.9 Å². The van der Waals surface area contributed by atoms with Crippen molar-refractivity contribution < 1.29 is 9.59 Å². The molecule has 0 aliphatic rings. The topological polar surface area (TPSA) is 34.1 Å². The van der Waals surface area contributed by atoms with Gasteiger partial charge in [-0.3, -0.25) is 9.59 Å². The van der Waals surface area contributed by atoms with Gasteiger partial charge in [0.15, 0.2) is 0 Å². The Balaban J connectivity index is 4.65. The van der Waals surface area contributed by atoms with Crippen molar-refractivity contribution in [3.63, 3.8) is 0 Å². The van der Waals surface area contributed by atoms with Crippen LogP contribution in [0.5, 0.6) is 0 Å². The smallest absolute Gasteiger partial charge is 0.248 e. The molecule has 4 heteroatoms. The quantitative estimate of drug-likeness (QED) is 0.544. The summed E-state index contributed by atoms with van der Waals surface area (Å²) < 4.78 is 0. The Bertz CT molecular complexity index is 249. The fourth-order valence-corrected chi connectivity index (χ4v) is 1.14. The third-order valence-corrected chi connectivity index (χ3v) is 1.61. The van der Waals surface area contributed by atoms with Crippen molar-refractivity contribution in [2.75, 3.05) is 0 Å². The van der Waals surface area contributed by atoms with E-state index in [2.05, 4.69) is 0 Å². The van der Waals surface area contributed by atoms with Crippen LogP contribution in [0.4, 0.5) is 0 Å². The van der Waals surface area contributed by atoms with Crippen molar-refractivity contribution in [1.82, 2.24) is 0 Å². The lowest BCUT2D eigenvalue weighted by molar-refractivity contribution is -0.110. The SMILES string of the molecule is CC(C)(C)C/C(=C\C(=O)Cl)C(=O)Cl. The van der Waals surface area contributed by atoms with Crippen molar-refractivity contribution in [3.05, 3.63) is 11.6 Å². The van der Waals surface area contributed by atoms with Crippen molar-refractivity contribution in [1.29, 1.82) is 0 Å². The third kappa shape index (κ3) is 6.79. The lowest BCUT2D eigenvalue weighted by Gasteiger charge is -2.17. The second-order valence-electron chi connectivity index (χ2n) is 3.98. The molecule has 0 heterocycles. The van der Waals surface area contributed by atoms with E-state index in [1.54, 1.807) is 0 Å². The summed E-state index contributed by atoms with van der Waals surface area (Å²) in [5, 5.41) is -1.29. The average molecular weight is 223 g/mol. The van der Waals surface area contributed by atoms with E-state index in [0.717, 1.165) is 6.08 Å². The molecular weight excluding hydrogens is 211 g/mol. The summed E-state index contributed by atoms with van der Waals surface area (Å²) in [6, 6.07) is 0. The summed E-state index contributed by atoms with van der Waals surface area (Å²) >= 11 is 10.4. The van der Waals surface area contributed by atoms with Crippen LogP contribution in [0.3, 0.4) is 0 Å². The van der Waals surface area contributed by atoms with Gasteiger partial charge in [-0.1, -0.05) is 20.8 Å². The molecule has 0 radical (unpaired) electrons. The zero-order chi connectivity index (χ0) is 10.6. The van der Waals surface area contributed by atoms with E-state index >= 15 is 0 Å². The van der Waals surface area contributed by atoms with Crippen LogP contribution in [-0.2, 0) is 9.59 Å². The van der Waals surface area contributed by atoms with E-state index in [-0.39, 0.29) is 11.0 Å². The van der Waals surface area contributed by atoms with Crippen LogP contribution < -0.4 is 0 Å². The molecule has 0 fully saturated rings. The summed E-state index contributed by atoms with van der Waals surface area (Å²) in [6.07, 6.45) is 1.51. The molecule has 0 aromatic carbocycles. The van der Waals surface area contributed by atoms with Crippen molar-refractivity contribution >= 4 is 33.7 Å². The fraction of sp³-hybridized carbons (Fsp3) is 0.556. The van der Waals surface area contributed by atoms with Gasteiger partial charge in [0.1, 0.15) is 0 Å². The molecular formula is C9H12Cl2O2. The monoisotopic (exact) mass is 222 g/mol. The first-order chi connectivity index (χ1) is 5.72. The molecule has 2 nitrogen and oxygen atoms in total. The summed E-state index contributed by atoms with van der Waals surface area (Å²) in [4.78, 5) is 21.4. The predicted molar refractivity (Wildman–Crippen MR) is 53.9 cm³/mol. The van der Waals surface area contributed by atoms with E-state index in [1.807, 2.05) is 20.8 Å². The molecule has 13 heavy (non-hydrogen) atoms. The lowest BCUT2D eigenvalue weighted by atomic mass is 9.88. The van der Waals surface area contributed by atoms with Crippen LogP contribution in [0.15, 0.2) is 11.6 Å². The highest BCUT2D eigenvalue weighted by Gasteiger charge is 2.17. The summed E-state index contributed by atoms with van der Waals surface area (Å²) in [6.45, 7) is 5.83. The zero-order valence-electron chi connectivity index (χ0n) is 7.86. The largest absolute Gasteiger partial charge is 0.276 e. The number of carbonyl (C=O) groups is 2. The molecule has 0 saturated carbocycles. The van der Waals surface area contributed by atoms with Crippen LogP contribution in [0.25, 0.3) is 0 Å². The predicted octanol–water partition coefficient (Wildman–Crippen LogP) is 2.88. The Morgan fingerprint density at radius 2 is 1.69 bits per heavy atom. The molecule has 0 N–H and O–H groups in total. The Morgan fingerprint density at radius 1 is 1.23 bits per heavy atom. The highest BCUT2D eigenvalue weighted by atomic mass is 35.5. The van der Waals surface area contributed by atoms with E-state index in [9.17, 15) is 9.59 Å². The summed E-state index contributed by atoms with van der Waals surface area (Å²) in [7, 11) is 0. The highest BCUT2D eigenvalue weighted by Crippen LogP contribution is 2.25. The van der Waals surface area contributed by atoms with E-state index in [1.165, 1.54) is 0 Å². The first-order valence-corrected chi connectivity index (χ1v) is 4.58. The molecule has 0 aliphatic carbocycles. The Kier molecular flexibility index (Phi) is 4.65. The number of halogens is 2. The number of hydrogen-bond donors (Lipinski definition) is 0. The molecule has 0 rings (SSSR count). The first-order valence-electron chi connectivity index (χ1n) is 3.82. The van der Waals surface area contributed by atoms with Gasteiger partial charge in [0, 0.05) is 11.6 Å².